The topological polar surface area (TPSA) is 39.1 Å². The molecule has 0 unspecified atom stereocenters. The Labute approximate surface area is 100 Å². The fourth-order valence-electron chi connectivity index (χ4n) is 2.00. The minimum absolute atomic E-state index is 0.532. The molecule has 0 atom stereocenters. The highest BCUT2D eigenvalue weighted by molar-refractivity contribution is 5.21. The van der Waals surface area contributed by atoms with Crippen LogP contribution in [0, 0.1) is 0 Å². The predicted octanol–water partition coefficient (Wildman–Crippen LogP) is 1.57. The molecule has 2 aromatic rings. The normalized spacial score (nSPS) is 14.4. The number of fused-ring (bicyclic) bond motifs is 1. The van der Waals surface area contributed by atoms with Gasteiger partial charge in [0, 0.05) is 13.1 Å². The Morgan fingerprint density at radius 2 is 2.18 bits per heavy atom. The monoisotopic (exact) mass is 229 g/mol. The van der Waals surface area contributed by atoms with Gasteiger partial charge in [-0.1, -0.05) is 18.2 Å². The molecule has 17 heavy (non-hydrogen) atoms. The second-order valence-corrected chi connectivity index (χ2v) is 4.13. The number of benzene rings is 1. The summed E-state index contributed by atoms with van der Waals surface area (Å²) in [6.45, 7) is 3.37. The molecule has 0 aliphatic carbocycles. The minimum atomic E-state index is 0.532. The lowest BCUT2D eigenvalue weighted by molar-refractivity contribution is 0.299. The molecule has 0 radical (unpaired) electrons. The Morgan fingerprint density at radius 1 is 1.29 bits per heavy atom. The van der Waals surface area contributed by atoms with Crippen molar-refractivity contribution in [3.8, 4) is 5.75 Å². The van der Waals surface area contributed by atoms with E-state index in [0.29, 0.717) is 6.61 Å². The summed E-state index contributed by atoms with van der Waals surface area (Å²) in [4.78, 5) is 0. The maximum Gasteiger partial charge on any atom is 0.132 e. The summed E-state index contributed by atoms with van der Waals surface area (Å²) < 4.78 is 7.73. The zero-order valence-electron chi connectivity index (χ0n) is 9.60. The van der Waals surface area contributed by atoms with Crippen LogP contribution in [0.4, 0.5) is 0 Å². The van der Waals surface area contributed by atoms with E-state index in [9.17, 15) is 0 Å². The van der Waals surface area contributed by atoms with Crippen LogP contribution in [0.15, 0.2) is 36.4 Å². The number of nitrogens with one attached hydrogen (secondary N) is 1. The Kier molecular flexibility index (Phi) is 2.80. The second kappa shape index (κ2) is 4.59. The summed E-state index contributed by atoms with van der Waals surface area (Å²) in [6, 6.07) is 11.9. The number of para-hydroxylation sites is 1. The SMILES string of the molecule is c1ccc(OCc2cc3n(n2)CCNC3)cc1. The molecular weight excluding hydrogens is 214 g/mol. The lowest BCUT2D eigenvalue weighted by atomic mass is 10.3. The number of aromatic nitrogens is 2. The van der Waals surface area contributed by atoms with Crippen molar-refractivity contribution in [2.24, 2.45) is 0 Å². The smallest absolute Gasteiger partial charge is 0.132 e. The Bertz CT molecular complexity index is 469. The van der Waals surface area contributed by atoms with Gasteiger partial charge >= 0.3 is 0 Å². The highest BCUT2D eigenvalue weighted by atomic mass is 16.5. The van der Waals surface area contributed by atoms with Crippen LogP contribution in [0.25, 0.3) is 0 Å². The minimum Gasteiger partial charge on any atom is -0.487 e. The van der Waals surface area contributed by atoms with Crippen LogP contribution in [0.2, 0.25) is 0 Å². The third-order valence-electron chi connectivity index (χ3n) is 2.85. The third-order valence-corrected chi connectivity index (χ3v) is 2.85. The zero-order valence-corrected chi connectivity index (χ0v) is 9.60. The maximum absolute atomic E-state index is 5.67. The summed E-state index contributed by atoms with van der Waals surface area (Å²) in [7, 11) is 0. The predicted molar refractivity (Wildman–Crippen MR) is 64.7 cm³/mol. The highest BCUT2D eigenvalue weighted by Gasteiger charge is 2.11. The number of hydrogen-bond donors (Lipinski definition) is 1. The average Bonchev–Trinajstić information content (AvgIpc) is 2.80. The van der Waals surface area contributed by atoms with Crippen LogP contribution in [-0.2, 0) is 19.7 Å². The second-order valence-electron chi connectivity index (χ2n) is 4.13. The van der Waals surface area contributed by atoms with Gasteiger partial charge in [0.2, 0.25) is 0 Å². The van der Waals surface area contributed by atoms with E-state index in [1.807, 2.05) is 30.3 Å². The lowest BCUT2D eigenvalue weighted by Gasteiger charge is -2.13. The van der Waals surface area contributed by atoms with Crippen LogP contribution >= 0.6 is 0 Å². The first-order chi connectivity index (χ1) is 8.42. The van der Waals surface area contributed by atoms with E-state index < -0.39 is 0 Å². The van der Waals surface area contributed by atoms with Crippen molar-refractivity contribution in [2.75, 3.05) is 6.54 Å². The lowest BCUT2D eigenvalue weighted by Crippen LogP contribution is -2.28. The van der Waals surface area contributed by atoms with Crippen molar-refractivity contribution >= 4 is 0 Å². The molecule has 0 amide bonds. The van der Waals surface area contributed by atoms with Crippen molar-refractivity contribution in [3.05, 3.63) is 47.8 Å². The van der Waals surface area contributed by atoms with E-state index in [4.69, 9.17) is 4.74 Å². The summed E-state index contributed by atoms with van der Waals surface area (Å²) in [6.07, 6.45) is 0. The highest BCUT2D eigenvalue weighted by Crippen LogP contribution is 2.13. The number of ether oxygens (including phenoxy) is 1. The molecule has 0 bridgehead atoms. The van der Waals surface area contributed by atoms with E-state index in [1.54, 1.807) is 0 Å². The van der Waals surface area contributed by atoms with Gasteiger partial charge in [0.15, 0.2) is 0 Å². The number of nitrogens with zero attached hydrogens (tertiary/aromatic N) is 2. The van der Waals surface area contributed by atoms with Gasteiger partial charge in [-0.05, 0) is 18.2 Å². The van der Waals surface area contributed by atoms with Crippen molar-refractivity contribution in [3.63, 3.8) is 0 Å². The van der Waals surface area contributed by atoms with Gasteiger partial charge in [0.05, 0.1) is 12.2 Å². The fraction of sp³-hybridized carbons (Fsp3) is 0.308. The van der Waals surface area contributed by atoms with Crippen molar-refractivity contribution in [1.29, 1.82) is 0 Å². The van der Waals surface area contributed by atoms with Gasteiger partial charge in [0.1, 0.15) is 18.1 Å². The molecule has 1 aromatic heterocycles. The molecular formula is C13H15N3O. The van der Waals surface area contributed by atoms with E-state index in [2.05, 4.69) is 21.2 Å². The third kappa shape index (κ3) is 2.31. The molecule has 1 aromatic carbocycles. The Hall–Kier alpha value is -1.81. The molecule has 4 nitrogen and oxygen atoms in total. The Balaban J connectivity index is 1.67. The van der Waals surface area contributed by atoms with Gasteiger partial charge in [0.25, 0.3) is 0 Å². The fourth-order valence-corrected chi connectivity index (χ4v) is 2.00. The molecule has 0 spiro atoms. The molecule has 1 aliphatic rings. The summed E-state index contributed by atoms with van der Waals surface area (Å²) in [5.74, 6) is 0.886. The summed E-state index contributed by atoms with van der Waals surface area (Å²) in [5, 5.41) is 7.84. The van der Waals surface area contributed by atoms with E-state index in [0.717, 1.165) is 31.1 Å². The molecule has 0 saturated carbocycles. The molecule has 0 saturated heterocycles. The molecule has 1 aliphatic heterocycles. The van der Waals surface area contributed by atoms with Crippen molar-refractivity contribution in [1.82, 2.24) is 15.1 Å². The van der Waals surface area contributed by atoms with Crippen LogP contribution in [0.3, 0.4) is 0 Å². The number of rotatable bonds is 3. The van der Waals surface area contributed by atoms with Gasteiger partial charge < -0.3 is 10.1 Å². The molecule has 0 fully saturated rings. The first-order valence-corrected chi connectivity index (χ1v) is 5.86. The van der Waals surface area contributed by atoms with Crippen molar-refractivity contribution < 1.29 is 4.74 Å². The van der Waals surface area contributed by atoms with Crippen LogP contribution in [0.1, 0.15) is 11.4 Å². The van der Waals surface area contributed by atoms with E-state index >= 15 is 0 Å². The van der Waals surface area contributed by atoms with Crippen LogP contribution in [-0.4, -0.2) is 16.3 Å². The van der Waals surface area contributed by atoms with Crippen LogP contribution < -0.4 is 10.1 Å². The molecule has 2 heterocycles. The van der Waals surface area contributed by atoms with Gasteiger partial charge in [-0.2, -0.15) is 5.10 Å². The molecule has 3 rings (SSSR count). The summed E-state index contributed by atoms with van der Waals surface area (Å²) in [5.41, 5.74) is 2.23. The maximum atomic E-state index is 5.67. The Morgan fingerprint density at radius 3 is 3.00 bits per heavy atom. The summed E-state index contributed by atoms with van der Waals surface area (Å²) >= 11 is 0. The molecule has 1 N–H and O–H groups in total. The first-order valence-electron chi connectivity index (χ1n) is 5.86. The van der Waals surface area contributed by atoms with Gasteiger partial charge in [-0.25, -0.2) is 0 Å². The van der Waals surface area contributed by atoms with Crippen molar-refractivity contribution in [2.45, 2.75) is 19.7 Å². The standard InChI is InChI=1S/C13H15N3O/c1-2-4-13(5-3-1)17-10-11-8-12-9-14-6-7-16(12)15-11/h1-5,8,14H,6-7,9-10H2. The number of hydrogen-bond acceptors (Lipinski definition) is 3. The van der Waals surface area contributed by atoms with Gasteiger partial charge in [-0.3, -0.25) is 4.68 Å². The largest absolute Gasteiger partial charge is 0.487 e. The average molecular weight is 229 g/mol. The zero-order chi connectivity index (χ0) is 11.5. The molecule has 4 heteroatoms. The first kappa shape index (κ1) is 10.4. The molecule has 88 valence electrons. The van der Waals surface area contributed by atoms with Crippen LogP contribution in [0.5, 0.6) is 5.75 Å². The quantitative estimate of drug-likeness (QED) is 0.868. The van der Waals surface area contributed by atoms with E-state index in [1.165, 1.54) is 5.69 Å². The van der Waals surface area contributed by atoms with E-state index in [-0.39, 0.29) is 0 Å². The van der Waals surface area contributed by atoms with Gasteiger partial charge in [-0.15, -0.1) is 0 Å².